The average molecular weight is 293 g/mol. The number of aryl methyl sites for hydroxylation is 2. The van der Waals surface area contributed by atoms with Gasteiger partial charge in [-0.1, -0.05) is 0 Å². The van der Waals surface area contributed by atoms with Crippen molar-refractivity contribution in [1.29, 1.82) is 0 Å². The van der Waals surface area contributed by atoms with Crippen LogP contribution in [0.2, 0.25) is 0 Å². The summed E-state index contributed by atoms with van der Waals surface area (Å²) in [6, 6.07) is 1.85. The van der Waals surface area contributed by atoms with E-state index in [0.29, 0.717) is 15.4 Å². The van der Waals surface area contributed by atoms with E-state index < -0.39 is 0 Å². The Balaban J connectivity index is 2.14. The van der Waals surface area contributed by atoms with Gasteiger partial charge in [-0.05, 0) is 37.5 Å². The first-order valence-electron chi connectivity index (χ1n) is 5.69. The number of hydrogen-bond donors (Lipinski definition) is 1. The van der Waals surface area contributed by atoms with Crippen LogP contribution >= 0.6 is 23.6 Å². The molecule has 3 heterocycles. The van der Waals surface area contributed by atoms with E-state index in [1.54, 1.807) is 0 Å². The summed E-state index contributed by atoms with van der Waals surface area (Å²) in [5, 5.41) is 1.86. The minimum Gasteiger partial charge on any atom is -0.444 e. The minimum atomic E-state index is -0.109. The number of aromatic nitrogens is 3. The molecular weight excluding hydrogens is 282 g/mol. The molecule has 3 rings (SSSR count). The molecule has 0 saturated heterocycles. The molecule has 0 fully saturated rings. The first kappa shape index (κ1) is 12.3. The van der Waals surface area contributed by atoms with E-state index in [1.165, 1.54) is 15.9 Å². The minimum absolute atomic E-state index is 0.109. The largest absolute Gasteiger partial charge is 0.444 e. The zero-order chi connectivity index (χ0) is 13.6. The number of nitrogens with one attached hydrogen (secondary N) is 1. The topological polar surface area (TPSA) is 63.8 Å². The van der Waals surface area contributed by atoms with Crippen molar-refractivity contribution in [1.82, 2.24) is 14.5 Å². The van der Waals surface area contributed by atoms with E-state index >= 15 is 0 Å². The summed E-state index contributed by atoms with van der Waals surface area (Å²) in [5.74, 6) is 1.25. The fraction of sp³-hybridized carbons (Fsp3) is 0.250. The lowest BCUT2D eigenvalue weighted by Crippen LogP contribution is -2.22. The van der Waals surface area contributed by atoms with Crippen LogP contribution in [0.5, 0.6) is 0 Å². The maximum absolute atomic E-state index is 12.3. The van der Waals surface area contributed by atoms with E-state index in [2.05, 4.69) is 9.97 Å². The number of hydrogen-bond acceptors (Lipinski definition) is 5. The van der Waals surface area contributed by atoms with E-state index in [4.69, 9.17) is 16.6 Å². The molecule has 0 aliphatic heterocycles. The summed E-state index contributed by atoms with van der Waals surface area (Å²) in [4.78, 5) is 19.6. The summed E-state index contributed by atoms with van der Waals surface area (Å²) in [6.45, 7) is 3.96. The highest BCUT2D eigenvalue weighted by Crippen LogP contribution is 2.15. The molecule has 3 aromatic rings. The monoisotopic (exact) mass is 293 g/mol. The van der Waals surface area contributed by atoms with Crippen LogP contribution in [0.4, 0.5) is 0 Å². The second kappa shape index (κ2) is 4.43. The molecule has 0 saturated carbocycles. The Labute approximate surface area is 117 Å². The molecule has 0 aliphatic rings. The number of oxazole rings is 1. The molecule has 0 radical (unpaired) electrons. The van der Waals surface area contributed by atoms with Gasteiger partial charge in [0.1, 0.15) is 17.0 Å². The Morgan fingerprint density at radius 1 is 1.53 bits per heavy atom. The lowest BCUT2D eigenvalue weighted by Gasteiger charge is -2.03. The van der Waals surface area contributed by atoms with Crippen LogP contribution in [-0.2, 0) is 6.54 Å². The van der Waals surface area contributed by atoms with Crippen molar-refractivity contribution in [3.8, 4) is 0 Å². The van der Waals surface area contributed by atoms with Crippen molar-refractivity contribution >= 4 is 33.8 Å². The number of fused-ring (bicyclic) bond motifs is 1. The third-order valence-electron chi connectivity index (χ3n) is 2.96. The third-order valence-corrected chi connectivity index (χ3v) is 4.18. The molecule has 7 heteroatoms. The van der Waals surface area contributed by atoms with Crippen LogP contribution in [0.3, 0.4) is 0 Å². The summed E-state index contributed by atoms with van der Waals surface area (Å²) >= 11 is 6.61. The van der Waals surface area contributed by atoms with Crippen molar-refractivity contribution < 1.29 is 4.42 Å². The number of H-pyrrole nitrogens is 1. The lowest BCUT2D eigenvalue weighted by atomic mass is 10.4. The Morgan fingerprint density at radius 3 is 3.00 bits per heavy atom. The van der Waals surface area contributed by atoms with Gasteiger partial charge in [0.05, 0.1) is 11.2 Å². The highest BCUT2D eigenvalue weighted by Gasteiger charge is 2.11. The highest BCUT2D eigenvalue weighted by atomic mass is 32.1. The predicted molar refractivity (Wildman–Crippen MR) is 76.3 cm³/mol. The number of thiophene rings is 1. The van der Waals surface area contributed by atoms with Crippen LogP contribution < -0.4 is 5.56 Å². The summed E-state index contributed by atoms with van der Waals surface area (Å²) in [6.07, 6.45) is 0. The van der Waals surface area contributed by atoms with Crippen LogP contribution in [0.25, 0.3) is 10.2 Å². The molecule has 3 aromatic heterocycles. The van der Waals surface area contributed by atoms with Gasteiger partial charge in [-0.2, -0.15) is 0 Å². The van der Waals surface area contributed by atoms with E-state index in [-0.39, 0.29) is 12.1 Å². The first-order chi connectivity index (χ1) is 9.06. The first-order valence-corrected chi connectivity index (χ1v) is 6.98. The van der Waals surface area contributed by atoms with E-state index in [0.717, 1.165) is 17.0 Å². The van der Waals surface area contributed by atoms with Crippen molar-refractivity contribution in [2.75, 3.05) is 0 Å². The Hall–Kier alpha value is -1.73. The molecule has 0 amide bonds. The van der Waals surface area contributed by atoms with Gasteiger partial charge < -0.3 is 9.40 Å². The summed E-state index contributed by atoms with van der Waals surface area (Å²) < 4.78 is 8.01. The number of rotatable bonds is 2. The van der Waals surface area contributed by atoms with Crippen molar-refractivity contribution in [2.24, 2.45) is 0 Å². The van der Waals surface area contributed by atoms with Gasteiger partial charge in [0.15, 0.2) is 4.77 Å². The van der Waals surface area contributed by atoms with Crippen LogP contribution in [0.1, 0.15) is 17.3 Å². The fourth-order valence-corrected chi connectivity index (χ4v) is 2.91. The van der Waals surface area contributed by atoms with Crippen molar-refractivity contribution in [2.45, 2.75) is 20.4 Å². The van der Waals surface area contributed by atoms with Gasteiger partial charge in [0.25, 0.3) is 5.56 Å². The maximum Gasteiger partial charge on any atom is 0.272 e. The van der Waals surface area contributed by atoms with Gasteiger partial charge in [-0.3, -0.25) is 9.36 Å². The molecule has 19 heavy (non-hydrogen) atoms. The molecule has 0 bridgehead atoms. The van der Waals surface area contributed by atoms with E-state index in [1.807, 2.05) is 25.3 Å². The zero-order valence-electron chi connectivity index (χ0n) is 10.4. The van der Waals surface area contributed by atoms with Gasteiger partial charge in [-0.25, -0.2) is 4.98 Å². The zero-order valence-corrected chi connectivity index (χ0v) is 12.0. The SMILES string of the molecule is Cc1nc(Cn2c(=S)[nH]c3ccsc3c2=O)oc1C. The molecule has 0 unspecified atom stereocenters. The van der Waals surface area contributed by atoms with E-state index in [9.17, 15) is 4.79 Å². The summed E-state index contributed by atoms with van der Waals surface area (Å²) in [5.41, 5.74) is 1.49. The second-order valence-corrected chi connectivity index (χ2v) is 5.54. The van der Waals surface area contributed by atoms with Gasteiger partial charge >= 0.3 is 0 Å². The standard InChI is InChI=1S/C12H11N3O2S2/c1-6-7(2)17-9(13-6)5-15-11(16)10-8(3-4-19-10)14-12(15)18/h3-4H,5H2,1-2H3,(H,14,18). The third kappa shape index (κ3) is 2.04. The lowest BCUT2D eigenvalue weighted by molar-refractivity contribution is 0.452. The van der Waals surface area contributed by atoms with Crippen molar-refractivity contribution in [3.05, 3.63) is 43.9 Å². The van der Waals surface area contributed by atoms with Gasteiger partial charge in [0.2, 0.25) is 5.89 Å². The Bertz CT molecular complexity index is 850. The normalized spacial score (nSPS) is 11.3. The smallest absolute Gasteiger partial charge is 0.272 e. The Kier molecular flexibility index (Phi) is 2.87. The second-order valence-electron chi connectivity index (χ2n) is 4.23. The van der Waals surface area contributed by atoms with Crippen LogP contribution in [0, 0.1) is 18.6 Å². The van der Waals surface area contributed by atoms with Gasteiger partial charge in [0, 0.05) is 0 Å². The predicted octanol–water partition coefficient (Wildman–Crippen LogP) is 2.77. The molecule has 1 N–H and O–H groups in total. The molecule has 0 spiro atoms. The molecule has 0 atom stereocenters. The maximum atomic E-state index is 12.3. The average Bonchev–Trinajstić information content (AvgIpc) is 2.93. The molecule has 0 aromatic carbocycles. The fourth-order valence-electron chi connectivity index (χ4n) is 1.86. The highest BCUT2D eigenvalue weighted by molar-refractivity contribution is 7.71. The van der Waals surface area contributed by atoms with Crippen LogP contribution in [-0.4, -0.2) is 14.5 Å². The molecule has 98 valence electrons. The molecular formula is C12H11N3O2S2. The Morgan fingerprint density at radius 2 is 2.32 bits per heavy atom. The van der Waals surface area contributed by atoms with Crippen molar-refractivity contribution in [3.63, 3.8) is 0 Å². The van der Waals surface area contributed by atoms with Crippen LogP contribution in [0.15, 0.2) is 20.7 Å². The number of nitrogens with zero attached hydrogens (tertiary/aromatic N) is 2. The molecule has 5 nitrogen and oxygen atoms in total. The number of aromatic amines is 1. The summed E-state index contributed by atoms with van der Waals surface area (Å²) in [7, 11) is 0. The van der Waals surface area contributed by atoms with Gasteiger partial charge in [-0.15, -0.1) is 11.3 Å². The molecule has 0 aliphatic carbocycles. The quantitative estimate of drug-likeness (QED) is 0.738.